The Morgan fingerprint density at radius 3 is 2.71 bits per heavy atom. The highest BCUT2D eigenvalue weighted by atomic mass is 35.5. The normalized spacial score (nSPS) is 10.2. The van der Waals surface area contributed by atoms with Crippen LogP contribution >= 0.6 is 22.9 Å². The number of anilines is 1. The monoisotopic (exact) mass is 325 g/mol. The number of hydrogen-bond acceptors (Lipinski definition) is 5. The second-order valence-electron chi connectivity index (χ2n) is 4.13. The van der Waals surface area contributed by atoms with E-state index in [0.29, 0.717) is 22.1 Å². The number of rotatable bonds is 5. The second-order valence-corrected chi connectivity index (χ2v) is 5.93. The molecule has 1 heterocycles. The highest BCUT2D eigenvalue weighted by molar-refractivity contribution is 7.16. The Kier molecular flexibility index (Phi) is 4.77. The van der Waals surface area contributed by atoms with Crippen LogP contribution in [0, 0.1) is 10.1 Å². The summed E-state index contributed by atoms with van der Waals surface area (Å²) in [7, 11) is 1.50. The lowest BCUT2D eigenvalue weighted by atomic mass is 10.1. The van der Waals surface area contributed by atoms with E-state index in [1.807, 2.05) is 6.07 Å². The number of halogens is 1. The van der Waals surface area contributed by atoms with Crippen molar-refractivity contribution in [2.45, 2.75) is 6.54 Å². The van der Waals surface area contributed by atoms with E-state index in [1.165, 1.54) is 36.6 Å². The molecule has 2 rings (SSSR count). The highest BCUT2D eigenvalue weighted by Crippen LogP contribution is 2.28. The third kappa shape index (κ3) is 3.71. The van der Waals surface area contributed by atoms with Crippen LogP contribution in [0.4, 0.5) is 11.4 Å². The van der Waals surface area contributed by atoms with Gasteiger partial charge in [-0.05, 0) is 24.3 Å². The Morgan fingerprint density at radius 2 is 2.14 bits per heavy atom. The average Bonchev–Trinajstić information content (AvgIpc) is 2.89. The number of benzene rings is 1. The van der Waals surface area contributed by atoms with E-state index < -0.39 is 4.92 Å². The maximum absolute atomic E-state index is 11.6. The van der Waals surface area contributed by atoms with E-state index in [-0.39, 0.29) is 11.6 Å². The third-order valence-corrected chi connectivity index (χ3v) is 4.00. The molecule has 0 unspecified atom stereocenters. The van der Waals surface area contributed by atoms with E-state index in [2.05, 4.69) is 10.6 Å². The van der Waals surface area contributed by atoms with Crippen LogP contribution in [0.5, 0.6) is 0 Å². The lowest BCUT2D eigenvalue weighted by molar-refractivity contribution is -0.384. The van der Waals surface area contributed by atoms with Gasteiger partial charge in [0.2, 0.25) is 0 Å². The summed E-state index contributed by atoms with van der Waals surface area (Å²) < 4.78 is 0.653. The fourth-order valence-electron chi connectivity index (χ4n) is 1.75. The molecule has 0 radical (unpaired) electrons. The van der Waals surface area contributed by atoms with Crippen molar-refractivity contribution in [1.29, 1.82) is 0 Å². The number of nitrogens with one attached hydrogen (secondary N) is 2. The van der Waals surface area contributed by atoms with Gasteiger partial charge in [0, 0.05) is 30.1 Å². The fraction of sp³-hybridized carbons (Fsp3) is 0.154. The van der Waals surface area contributed by atoms with Crippen molar-refractivity contribution in [3.63, 3.8) is 0 Å². The quantitative estimate of drug-likeness (QED) is 0.652. The zero-order chi connectivity index (χ0) is 15.4. The largest absolute Gasteiger partial charge is 0.375 e. The van der Waals surface area contributed by atoms with E-state index in [1.54, 1.807) is 6.07 Å². The molecule has 1 amide bonds. The van der Waals surface area contributed by atoms with Gasteiger partial charge in [-0.1, -0.05) is 11.6 Å². The average molecular weight is 326 g/mol. The van der Waals surface area contributed by atoms with Crippen molar-refractivity contribution in [1.82, 2.24) is 5.32 Å². The van der Waals surface area contributed by atoms with Gasteiger partial charge >= 0.3 is 0 Å². The summed E-state index contributed by atoms with van der Waals surface area (Å²) in [6.07, 6.45) is 0. The smallest absolute Gasteiger partial charge is 0.292 e. The molecule has 8 heteroatoms. The summed E-state index contributed by atoms with van der Waals surface area (Å²) in [6.45, 7) is 0.398. The molecule has 0 spiro atoms. The van der Waals surface area contributed by atoms with E-state index >= 15 is 0 Å². The lowest BCUT2D eigenvalue weighted by Crippen LogP contribution is -2.18. The molecule has 0 aliphatic carbocycles. The van der Waals surface area contributed by atoms with Crippen LogP contribution in [0.3, 0.4) is 0 Å². The van der Waals surface area contributed by atoms with Gasteiger partial charge in [0.05, 0.1) is 9.26 Å². The summed E-state index contributed by atoms with van der Waals surface area (Å²) in [5.74, 6) is -0.299. The molecular formula is C13H12ClN3O3S. The van der Waals surface area contributed by atoms with Gasteiger partial charge in [-0.2, -0.15) is 0 Å². The van der Waals surface area contributed by atoms with Gasteiger partial charge < -0.3 is 10.6 Å². The molecule has 2 aromatic rings. The van der Waals surface area contributed by atoms with Crippen molar-refractivity contribution in [3.05, 3.63) is 55.2 Å². The van der Waals surface area contributed by atoms with Crippen LogP contribution in [-0.2, 0) is 6.54 Å². The number of nitro benzene ring substituents is 1. The van der Waals surface area contributed by atoms with Gasteiger partial charge in [-0.15, -0.1) is 11.3 Å². The number of carbonyl (C=O) groups excluding carboxylic acids is 1. The molecular weight excluding hydrogens is 314 g/mol. The van der Waals surface area contributed by atoms with Crippen molar-refractivity contribution in [2.75, 3.05) is 12.4 Å². The third-order valence-electron chi connectivity index (χ3n) is 2.76. The number of thiophene rings is 1. The predicted molar refractivity (Wildman–Crippen MR) is 83.1 cm³/mol. The van der Waals surface area contributed by atoms with Gasteiger partial charge in [-0.3, -0.25) is 14.9 Å². The van der Waals surface area contributed by atoms with E-state index in [4.69, 9.17) is 11.6 Å². The Hall–Kier alpha value is -2.12. The van der Waals surface area contributed by atoms with Gasteiger partial charge in [-0.25, -0.2) is 0 Å². The first kappa shape index (κ1) is 15.3. The zero-order valence-electron chi connectivity index (χ0n) is 11.1. The van der Waals surface area contributed by atoms with Crippen molar-refractivity contribution < 1.29 is 9.72 Å². The Labute approximate surface area is 129 Å². The number of amides is 1. The summed E-state index contributed by atoms with van der Waals surface area (Å²) >= 11 is 7.23. The van der Waals surface area contributed by atoms with Crippen LogP contribution in [0.1, 0.15) is 15.2 Å². The van der Waals surface area contributed by atoms with Crippen molar-refractivity contribution in [2.24, 2.45) is 0 Å². The van der Waals surface area contributed by atoms with Crippen LogP contribution in [0.15, 0.2) is 30.3 Å². The fourth-order valence-corrected chi connectivity index (χ4v) is 2.78. The maximum Gasteiger partial charge on any atom is 0.292 e. The summed E-state index contributed by atoms with van der Waals surface area (Å²) in [6, 6.07) is 7.80. The van der Waals surface area contributed by atoms with Crippen LogP contribution in [-0.4, -0.2) is 17.9 Å². The first-order valence-electron chi connectivity index (χ1n) is 6.00. The molecule has 0 atom stereocenters. The molecule has 0 aliphatic rings. The number of hydrogen-bond donors (Lipinski definition) is 2. The molecule has 0 aliphatic heterocycles. The minimum atomic E-state index is -0.489. The van der Waals surface area contributed by atoms with E-state index in [9.17, 15) is 14.9 Å². The molecule has 0 bridgehead atoms. The molecule has 6 nitrogen and oxygen atoms in total. The molecule has 0 saturated carbocycles. The molecule has 21 heavy (non-hydrogen) atoms. The summed E-state index contributed by atoms with van der Waals surface area (Å²) in [5, 5.41) is 16.5. The number of nitro groups is 1. The van der Waals surface area contributed by atoms with Crippen molar-refractivity contribution in [3.8, 4) is 0 Å². The number of carbonyl (C=O) groups is 1. The summed E-state index contributed by atoms with van der Waals surface area (Å²) in [5.41, 5.74) is 0.575. The predicted octanol–water partition coefficient (Wildman–Crippen LogP) is 3.28. The SMILES string of the molecule is CNC(=O)c1ccc([N+](=O)[O-])c(NCc2ccc(Cl)s2)c1. The molecule has 0 fully saturated rings. The molecule has 0 saturated heterocycles. The first-order chi connectivity index (χ1) is 10.0. The zero-order valence-corrected chi connectivity index (χ0v) is 12.6. The topological polar surface area (TPSA) is 84.3 Å². The summed E-state index contributed by atoms with van der Waals surface area (Å²) in [4.78, 5) is 23.1. The van der Waals surface area contributed by atoms with Gasteiger partial charge in [0.15, 0.2) is 0 Å². The lowest BCUT2D eigenvalue weighted by Gasteiger charge is -2.08. The number of nitrogens with zero attached hydrogens (tertiary/aromatic N) is 1. The maximum atomic E-state index is 11.6. The highest BCUT2D eigenvalue weighted by Gasteiger charge is 2.16. The molecule has 2 N–H and O–H groups in total. The Morgan fingerprint density at radius 1 is 1.38 bits per heavy atom. The Bertz CT molecular complexity index is 687. The standard InChI is InChI=1S/C13H12ClN3O3S/c1-15-13(18)8-2-4-11(17(19)20)10(6-8)16-7-9-3-5-12(14)21-9/h2-6,16H,7H2,1H3,(H,15,18). The minimum absolute atomic E-state index is 0.0784. The van der Waals surface area contributed by atoms with Crippen LogP contribution < -0.4 is 10.6 Å². The second kappa shape index (κ2) is 6.55. The molecule has 1 aromatic heterocycles. The first-order valence-corrected chi connectivity index (χ1v) is 7.19. The van der Waals surface area contributed by atoms with Gasteiger partial charge in [0.25, 0.3) is 11.6 Å². The molecule has 1 aromatic carbocycles. The van der Waals surface area contributed by atoms with Crippen molar-refractivity contribution >= 4 is 40.2 Å². The van der Waals surface area contributed by atoms with Crippen LogP contribution in [0.2, 0.25) is 4.34 Å². The minimum Gasteiger partial charge on any atom is -0.375 e. The molecule has 110 valence electrons. The Balaban J connectivity index is 2.25. The van der Waals surface area contributed by atoms with Crippen LogP contribution in [0.25, 0.3) is 0 Å². The van der Waals surface area contributed by atoms with Gasteiger partial charge in [0.1, 0.15) is 5.69 Å². The van der Waals surface area contributed by atoms with E-state index in [0.717, 1.165) is 4.88 Å².